The second-order valence-corrected chi connectivity index (χ2v) is 3.64. The topological polar surface area (TPSA) is 46.5 Å². The Morgan fingerprint density at radius 3 is 2.94 bits per heavy atom. The predicted octanol–water partition coefficient (Wildman–Crippen LogP) is 3.23. The van der Waals surface area contributed by atoms with Gasteiger partial charge in [0.15, 0.2) is 0 Å². The van der Waals surface area contributed by atoms with Gasteiger partial charge in [-0.25, -0.2) is 4.79 Å². The van der Waals surface area contributed by atoms with Crippen molar-refractivity contribution >= 4 is 23.6 Å². The third-order valence-corrected chi connectivity index (χ3v) is 2.07. The van der Waals surface area contributed by atoms with E-state index in [1.807, 2.05) is 6.92 Å². The summed E-state index contributed by atoms with van der Waals surface area (Å²) in [6, 6.07) is 5.12. The molecule has 0 unspecified atom stereocenters. The molecule has 3 nitrogen and oxygen atoms in total. The Morgan fingerprint density at radius 2 is 2.31 bits per heavy atom. The van der Waals surface area contributed by atoms with E-state index in [0.717, 1.165) is 12.5 Å². The summed E-state index contributed by atoms with van der Waals surface area (Å²) in [6.07, 6.45) is 3.42. The van der Waals surface area contributed by atoms with Crippen LogP contribution < -0.4 is 4.74 Å². The van der Waals surface area contributed by atoms with Gasteiger partial charge in [-0.3, -0.25) is 0 Å². The molecular weight excluding hydrogens is 228 g/mol. The largest absolute Gasteiger partial charge is 0.493 e. The van der Waals surface area contributed by atoms with Crippen molar-refractivity contribution in [2.45, 2.75) is 13.3 Å². The van der Waals surface area contributed by atoms with E-state index in [0.29, 0.717) is 22.9 Å². The van der Waals surface area contributed by atoms with Gasteiger partial charge >= 0.3 is 5.97 Å². The lowest BCUT2D eigenvalue weighted by Gasteiger charge is -2.08. The highest BCUT2D eigenvalue weighted by Crippen LogP contribution is 2.24. The molecule has 0 saturated heterocycles. The molecule has 0 bridgehead atoms. The van der Waals surface area contributed by atoms with Gasteiger partial charge in [-0.15, -0.1) is 0 Å². The highest BCUT2D eigenvalue weighted by atomic mass is 35.5. The molecule has 1 N–H and O–H groups in total. The number of hydrogen-bond donors (Lipinski definition) is 1. The molecule has 0 aliphatic carbocycles. The summed E-state index contributed by atoms with van der Waals surface area (Å²) >= 11 is 5.83. The molecule has 86 valence electrons. The van der Waals surface area contributed by atoms with E-state index in [4.69, 9.17) is 21.4 Å². The first-order chi connectivity index (χ1) is 7.63. The second kappa shape index (κ2) is 6.18. The van der Waals surface area contributed by atoms with E-state index in [2.05, 4.69) is 0 Å². The molecule has 0 amide bonds. The summed E-state index contributed by atoms with van der Waals surface area (Å²) in [5.74, 6) is -0.356. The highest BCUT2D eigenvalue weighted by Gasteiger charge is 2.02. The third kappa shape index (κ3) is 3.95. The fourth-order valence-corrected chi connectivity index (χ4v) is 1.33. The van der Waals surface area contributed by atoms with Crippen molar-refractivity contribution in [1.29, 1.82) is 0 Å². The Hall–Kier alpha value is -1.48. The lowest BCUT2D eigenvalue weighted by molar-refractivity contribution is -0.131. The SMILES string of the molecule is CCCOc1ccc(Cl)cc1/C=C/C(=O)O. The molecule has 1 aromatic carbocycles. The van der Waals surface area contributed by atoms with Crippen LogP contribution in [0.15, 0.2) is 24.3 Å². The van der Waals surface area contributed by atoms with E-state index in [9.17, 15) is 4.79 Å². The van der Waals surface area contributed by atoms with Gasteiger partial charge in [0.1, 0.15) is 5.75 Å². The number of carboxylic acids is 1. The first-order valence-corrected chi connectivity index (χ1v) is 5.34. The van der Waals surface area contributed by atoms with Gasteiger partial charge in [0, 0.05) is 16.7 Å². The number of halogens is 1. The Balaban J connectivity index is 2.93. The van der Waals surface area contributed by atoms with E-state index < -0.39 is 5.97 Å². The first kappa shape index (κ1) is 12.6. The van der Waals surface area contributed by atoms with Crippen molar-refractivity contribution in [3.05, 3.63) is 34.9 Å². The molecule has 0 spiro atoms. The summed E-state index contributed by atoms with van der Waals surface area (Å²) in [6.45, 7) is 2.60. The highest BCUT2D eigenvalue weighted by molar-refractivity contribution is 6.30. The Morgan fingerprint density at radius 1 is 1.56 bits per heavy atom. The molecule has 16 heavy (non-hydrogen) atoms. The molecule has 0 fully saturated rings. The normalized spacial score (nSPS) is 10.6. The van der Waals surface area contributed by atoms with Crippen LogP contribution in [-0.2, 0) is 4.79 Å². The molecule has 0 heterocycles. The van der Waals surface area contributed by atoms with Gasteiger partial charge in [0.2, 0.25) is 0 Å². The van der Waals surface area contributed by atoms with E-state index >= 15 is 0 Å². The zero-order valence-electron chi connectivity index (χ0n) is 8.94. The number of carbonyl (C=O) groups is 1. The molecule has 0 aliphatic heterocycles. The Labute approximate surface area is 99.3 Å². The van der Waals surface area contributed by atoms with Gasteiger partial charge in [-0.2, -0.15) is 0 Å². The molecular formula is C12H13ClO3. The average Bonchev–Trinajstić information content (AvgIpc) is 2.25. The maximum atomic E-state index is 10.4. The van der Waals surface area contributed by atoms with Gasteiger partial charge in [-0.05, 0) is 30.7 Å². The Bertz CT molecular complexity index is 399. The first-order valence-electron chi connectivity index (χ1n) is 4.97. The summed E-state index contributed by atoms with van der Waals surface area (Å²) in [5, 5.41) is 9.10. The van der Waals surface area contributed by atoms with E-state index in [1.54, 1.807) is 18.2 Å². The number of aliphatic carboxylic acids is 1. The minimum atomic E-state index is -0.999. The van der Waals surface area contributed by atoms with Crippen LogP contribution in [0.25, 0.3) is 6.08 Å². The van der Waals surface area contributed by atoms with Crippen molar-refractivity contribution in [3.63, 3.8) is 0 Å². The average molecular weight is 241 g/mol. The van der Waals surface area contributed by atoms with Crippen LogP contribution in [0.5, 0.6) is 5.75 Å². The van der Waals surface area contributed by atoms with E-state index in [1.165, 1.54) is 6.08 Å². The van der Waals surface area contributed by atoms with Gasteiger partial charge in [0.25, 0.3) is 0 Å². The van der Waals surface area contributed by atoms with Crippen LogP contribution in [0.3, 0.4) is 0 Å². The quantitative estimate of drug-likeness (QED) is 0.804. The summed E-state index contributed by atoms with van der Waals surface area (Å²) in [5.41, 5.74) is 0.670. The maximum absolute atomic E-state index is 10.4. The molecule has 0 radical (unpaired) electrons. The van der Waals surface area contributed by atoms with Crippen LogP contribution in [0.4, 0.5) is 0 Å². The van der Waals surface area contributed by atoms with Crippen LogP contribution in [-0.4, -0.2) is 17.7 Å². The van der Waals surface area contributed by atoms with Crippen LogP contribution >= 0.6 is 11.6 Å². The minimum absolute atomic E-state index is 0.550. The molecule has 0 atom stereocenters. The molecule has 4 heteroatoms. The Kier molecular flexibility index (Phi) is 4.86. The fraction of sp³-hybridized carbons (Fsp3) is 0.250. The number of carboxylic acid groups (broad SMARTS) is 1. The standard InChI is InChI=1S/C12H13ClO3/c1-2-7-16-11-5-4-10(13)8-9(11)3-6-12(14)15/h3-6,8H,2,7H2,1H3,(H,14,15)/b6-3+. The van der Waals surface area contributed by atoms with Crippen molar-refractivity contribution in [2.75, 3.05) is 6.61 Å². The number of ether oxygens (including phenoxy) is 1. The molecule has 1 aromatic rings. The zero-order valence-corrected chi connectivity index (χ0v) is 9.70. The third-order valence-electron chi connectivity index (χ3n) is 1.84. The van der Waals surface area contributed by atoms with Crippen LogP contribution in [0, 0.1) is 0 Å². The lowest BCUT2D eigenvalue weighted by Crippen LogP contribution is -1.97. The fourth-order valence-electron chi connectivity index (χ4n) is 1.15. The van der Waals surface area contributed by atoms with Crippen LogP contribution in [0.1, 0.15) is 18.9 Å². The zero-order chi connectivity index (χ0) is 12.0. The lowest BCUT2D eigenvalue weighted by atomic mass is 10.2. The van der Waals surface area contributed by atoms with Gasteiger partial charge < -0.3 is 9.84 Å². The number of hydrogen-bond acceptors (Lipinski definition) is 2. The van der Waals surface area contributed by atoms with Gasteiger partial charge in [0.05, 0.1) is 6.61 Å². The summed E-state index contributed by atoms with van der Waals surface area (Å²) in [4.78, 5) is 10.4. The molecule has 1 rings (SSSR count). The molecule has 0 saturated carbocycles. The summed E-state index contributed by atoms with van der Waals surface area (Å²) in [7, 11) is 0. The summed E-state index contributed by atoms with van der Waals surface area (Å²) < 4.78 is 5.47. The smallest absolute Gasteiger partial charge is 0.328 e. The second-order valence-electron chi connectivity index (χ2n) is 3.20. The maximum Gasteiger partial charge on any atom is 0.328 e. The predicted molar refractivity (Wildman–Crippen MR) is 63.9 cm³/mol. The molecule has 0 aromatic heterocycles. The van der Waals surface area contributed by atoms with Gasteiger partial charge in [-0.1, -0.05) is 18.5 Å². The van der Waals surface area contributed by atoms with Crippen molar-refractivity contribution in [1.82, 2.24) is 0 Å². The minimum Gasteiger partial charge on any atom is -0.493 e. The number of benzene rings is 1. The van der Waals surface area contributed by atoms with Crippen molar-refractivity contribution < 1.29 is 14.6 Å². The monoisotopic (exact) mass is 240 g/mol. The van der Waals surface area contributed by atoms with Crippen molar-refractivity contribution in [2.24, 2.45) is 0 Å². The molecule has 0 aliphatic rings. The van der Waals surface area contributed by atoms with Crippen molar-refractivity contribution in [3.8, 4) is 5.75 Å². The van der Waals surface area contributed by atoms with Crippen LogP contribution in [0.2, 0.25) is 5.02 Å². The number of rotatable bonds is 5. The van der Waals surface area contributed by atoms with E-state index in [-0.39, 0.29) is 0 Å².